The molecule has 138 valence electrons. The number of carbonyl (C=O) groups is 2. The van der Waals surface area contributed by atoms with E-state index in [-0.39, 0.29) is 17.9 Å². The molecule has 8 nitrogen and oxygen atoms in total. The number of Topliss-reactive ketones (excluding diaryl/α,β-unsaturated/α-hetero) is 1. The van der Waals surface area contributed by atoms with Crippen molar-refractivity contribution in [1.29, 1.82) is 0 Å². The number of pyridine rings is 1. The van der Waals surface area contributed by atoms with E-state index in [1.807, 2.05) is 6.07 Å². The highest BCUT2D eigenvalue weighted by molar-refractivity contribution is 6.05. The molecule has 27 heavy (non-hydrogen) atoms. The third kappa shape index (κ3) is 3.01. The van der Waals surface area contributed by atoms with Crippen molar-refractivity contribution in [3.63, 3.8) is 0 Å². The van der Waals surface area contributed by atoms with Crippen LogP contribution in [0, 0.1) is 5.92 Å². The Morgan fingerprint density at radius 1 is 1.19 bits per heavy atom. The molecular formula is C19H20N6O2. The van der Waals surface area contributed by atoms with E-state index < -0.39 is 0 Å². The molecule has 5 rings (SSSR count). The lowest BCUT2D eigenvalue weighted by molar-refractivity contribution is 0.0971. The second kappa shape index (κ2) is 6.29. The van der Waals surface area contributed by atoms with Crippen molar-refractivity contribution in [2.24, 2.45) is 5.92 Å². The summed E-state index contributed by atoms with van der Waals surface area (Å²) in [5, 5.41) is 10.5. The van der Waals surface area contributed by atoms with Crippen molar-refractivity contribution in [3.05, 3.63) is 36.2 Å². The summed E-state index contributed by atoms with van der Waals surface area (Å²) >= 11 is 0. The summed E-state index contributed by atoms with van der Waals surface area (Å²) in [7, 11) is 0. The molecule has 0 radical (unpaired) electrons. The SMILES string of the molecule is O=C(CC1CC1)c1ccc2c(n1)N(C(=O)Nc1cccnn1)[C@H]1CCN2C1. The van der Waals surface area contributed by atoms with Crippen LogP contribution < -0.4 is 15.1 Å². The molecule has 2 aromatic rings. The van der Waals surface area contributed by atoms with E-state index in [0.29, 0.717) is 29.7 Å². The van der Waals surface area contributed by atoms with Crippen molar-refractivity contribution < 1.29 is 9.59 Å². The van der Waals surface area contributed by atoms with Gasteiger partial charge in [0.25, 0.3) is 0 Å². The zero-order chi connectivity index (χ0) is 18.4. The highest BCUT2D eigenvalue weighted by Gasteiger charge is 2.40. The second-order valence-corrected chi connectivity index (χ2v) is 7.41. The van der Waals surface area contributed by atoms with Crippen LogP contribution in [0.5, 0.6) is 0 Å². The van der Waals surface area contributed by atoms with Crippen LogP contribution in [-0.2, 0) is 0 Å². The van der Waals surface area contributed by atoms with E-state index in [1.54, 1.807) is 29.3 Å². The van der Waals surface area contributed by atoms with Gasteiger partial charge in [-0.05, 0) is 49.4 Å². The fraction of sp³-hybridized carbons (Fsp3) is 0.421. The molecule has 4 heterocycles. The molecule has 2 aromatic heterocycles. The minimum absolute atomic E-state index is 0.0375. The largest absolute Gasteiger partial charge is 0.366 e. The summed E-state index contributed by atoms with van der Waals surface area (Å²) < 4.78 is 0. The van der Waals surface area contributed by atoms with Crippen LogP contribution in [0.1, 0.15) is 36.2 Å². The van der Waals surface area contributed by atoms with Crippen LogP contribution in [0.25, 0.3) is 0 Å². The van der Waals surface area contributed by atoms with Crippen molar-refractivity contribution in [2.45, 2.75) is 31.7 Å². The van der Waals surface area contributed by atoms with Crippen LogP contribution >= 0.6 is 0 Å². The lowest BCUT2D eigenvalue weighted by Gasteiger charge is -2.35. The van der Waals surface area contributed by atoms with E-state index in [9.17, 15) is 9.59 Å². The number of ketones is 1. The molecule has 0 unspecified atom stereocenters. The molecule has 2 amide bonds. The number of hydrogen-bond donors (Lipinski definition) is 1. The maximum atomic E-state index is 13.0. The fourth-order valence-corrected chi connectivity index (χ4v) is 3.85. The molecule has 1 N–H and O–H groups in total. The van der Waals surface area contributed by atoms with E-state index in [0.717, 1.165) is 38.0 Å². The molecule has 1 saturated carbocycles. The standard InChI is InChI=1S/C19H20N6O2/c26-16(10-12-3-4-12)14-5-6-15-18(21-14)25(13-7-9-24(15)11-13)19(27)22-17-2-1-8-20-23-17/h1-2,5-6,8,12-13H,3-4,7,9-11H2,(H,22,23,27)/t13-/m0/s1. The van der Waals surface area contributed by atoms with Gasteiger partial charge in [0.1, 0.15) is 5.69 Å². The Bertz CT molecular complexity index is 898. The Kier molecular flexibility index (Phi) is 3.77. The van der Waals surface area contributed by atoms with Crippen molar-refractivity contribution in [1.82, 2.24) is 15.2 Å². The van der Waals surface area contributed by atoms with Gasteiger partial charge in [-0.25, -0.2) is 9.78 Å². The van der Waals surface area contributed by atoms with Crippen LogP contribution in [0.3, 0.4) is 0 Å². The van der Waals surface area contributed by atoms with E-state index in [2.05, 4.69) is 25.4 Å². The Morgan fingerprint density at radius 3 is 2.85 bits per heavy atom. The first kappa shape index (κ1) is 16.2. The average Bonchev–Trinajstić information content (AvgIpc) is 3.40. The number of aromatic nitrogens is 3. The monoisotopic (exact) mass is 364 g/mol. The fourth-order valence-electron chi connectivity index (χ4n) is 3.85. The minimum atomic E-state index is -0.289. The first-order valence-corrected chi connectivity index (χ1v) is 9.36. The summed E-state index contributed by atoms with van der Waals surface area (Å²) in [6.45, 7) is 1.65. The van der Waals surface area contributed by atoms with Gasteiger partial charge < -0.3 is 4.90 Å². The maximum absolute atomic E-state index is 13.0. The molecule has 3 aliphatic rings. The lowest BCUT2D eigenvalue weighted by Crippen LogP contribution is -2.48. The smallest absolute Gasteiger partial charge is 0.329 e. The molecule has 0 aromatic carbocycles. The van der Waals surface area contributed by atoms with Gasteiger partial charge in [0.15, 0.2) is 17.4 Å². The number of carbonyl (C=O) groups excluding carboxylic acids is 2. The molecule has 1 saturated heterocycles. The molecule has 2 aliphatic heterocycles. The number of fused-ring (bicyclic) bond motifs is 4. The lowest BCUT2D eigenvalue weighted by atomic mass is 10.1. The van der Waals surface area contributed by atoms with E-state index in [4.69, 9.17) is 0 Å². The second-order valence-electron chi connectivity index (χ2n) is 7.41. The van der Waals surface area contributed by atoms with Gasteiger partial charge in [-0.3, -0.25) is 15.0 Å². The summed E-state index contributed by atoms with van der Waals surface area (Å²) in [4.78, 5) is 34.0. The average molecular weight is 364 g/mol. The molecule has 0 spiro atoms. The van der Waals surface area contributed by atoms with Gasteiger partial charge in [0.05, 0.1) is 11.7 Å². The quantitative estimate of drug-likeness (QED) is 0.838. The molecule has 1 aliphatic carbocycles. The molecular weight excluding hydrogens is 344 g/mol. The zero-order valence-electron chi connectivity index (χ0n) is 14.8. The molecule has 2 bridgehead atoms. The zero-order valence-corrected chi connectivity index (χ0v) is 14.8. The normalized spacial score (nSPS) is 20.4. The topological polar surface area (TPSA) is 91.3 Å². The summed E-state index contributed by atoms with van der Waals surface area (Å²) in [5.74, 6) is 1.52. The van der Waals surface area contributed by atoms with E-state index in [1.165, 1.54) is 0 Å². The van der Waals surface area contributed by atoms with Gasteiger partial charge in [-0.2, -0.15) is 5.10 Å². The predicted octanol–water partition coefficient (Wildman–Crippen LogP) is 2.49. The van der Waals surface area contributed by atoms with Crippen molar-refractivity contribution in [2.75, 3.05) is 28.2 Å². The van der Waals surface area contributed by atoms with Gasteiger partial charge in [-0.15, -0.1) is 5.10 Å². The third-order valence-electron chi connectivity index (χ3n) is 5.43. The van der Waals surface area contributed by atoms with Crippen molar-refractivity contribution in [3.8, 4) is 0 Å². The number of hydrogen-bond acceptors (Lipinski definition) is 6. The minimum Gasteiger partial charge on any atom is -0.366 e. The maximum Gasteiger partial charge on any atom is 0.329 e. The number of nitrogens with zero attached hydrogens (tertiary/aromatic N) is 5. The molecule has 8 heteroatoms. The van der Waals surface area contributed by atoms with Crippen LogP contribution in [0.2, 0.25) is 0 Å². The van der Waals surface area contributed by atoms with Gasteiger partial charge in [0.2, 0.25) is 0 Å². The number of anilines is 3. The Hall–Kier alpha value is -3.03. The Balaban J connectivity index is 1.47. The van der Waals surface area contributed by atoms with E-state index >= 15 is 0 Å². The Labute approximate surface area is 156 Å². The first-order valence-electron chi connectivity index (χ1n) is 9.36. The summed E-state index contributed by atoms with van der Waals surface area (Å²) in [6, 6.07) is 6.88. The first-order chi connectivity index (χ1) is 13.2. The predicted molar refractivity (Wildman–Crippen MR) is 100 cm³/mol. The van der Waals surface area contributed by atoms with Crippen LogP contribution in [0.15, 0.2) is 30.5 Å². The third-order valence-corrected chi connectivity index (χ3v) is 5.43. The number of urea groups is 1. The highest BCUT2D eigenvalue weighted by atomic mass is 16.2. The highest BCUT2D eigenvalue weighted by Crippen LogP contribution is 2.40. The van der Waals surface area contributed by atoms with Gasteiger partial charge in [0, 0.05) is 25.7 Å². The molecule has 2 fully saturated rings. The number of nitrogens with one attached hydrogen (secondary N) is 1. The van der Waals surface area contributed by atoms with Crippen LogP contribution in [0.4, 0.5) is 22.1 Å². The number of amides is 2. The summed E-state index contributed by atoms with van der Waals surface area (Å²) in [6.07, 6.45) is 5.22. The number of rotatable bonds is 4. The van der Waals surface area contributed by atoms with Crippen LogP contribution in [-0.4, -0.2) is 46.1 Å². The Morgan fingerprint density at radius 2 is 2.07 bits per heavy atom. The van der Waals surface area contributed by atoms with Gasteiger partial charge in [-0.1, -0.05) is 0 Å². The summed E-state index contributed by atoms with van der Waals surface area (Å²) in [5.41, 5.74) is 1.35. The van der Waals surface area contributed by atoms with Gasteiger partial charge >= 0.3 is 6.03 Å². The van der Waals surface area contributed by atoms with Crippen molar-refractivity contribution >= 4 is 29.1 Å². The molecule has 1 atom stereocenters.